The first-order valence-corrected chi connectivity index (χ1v) is 15.0. The van der Waals surface area contributed by atoms with Gasteiger partial charge in [-0.2, -0.15) is 0 Å². The highest BCUT2D eigenvalue weighted by atomic mass is 35.5. The molecule has 5 aromatic rings. The van der Waals surface area contributed by atoms with Crippen LogP contribution in [0.1, 0.15) is 22.7 Å². The number of rotatable bonds is 9. The van der Waals surface area contributed by atoms with Gasteiger partial charge < -0.3 is 19.9 Å². The summed E-state index contributed by atoms with van der Waals surface area (Å²) in [5.41, 5.74) is 5.73. The molecule has 4 aromatic carbocycles. The van der Waals surface area contributed by atoms with Gasteiger partial charge in [0.2, 0.25) is 5.91 Å². The minimum absolute atomic E-state index is 0.0853. The van der Waals surface area contributed by atoms with Gasteiger partial charge in [0.05, 0.1) is 18.7 Å². The van der Waals surface area contributed by atoms with Gasteiger partial charge in [-0.15, -0.1) is 5.10 Å². The molecule has 1 aliphatic heterocycles. The number of aromatic nitrogens is 3. The average molecular weight is 609 g/mol. The molecule has 1 aliphatic rings. The first kappa shape index (κ1) is 29.3. The summed E-state index contributed by atoms with van der Waals surface area (Å²) in [6, 6.07) is 29.2. The van der Waals surface area contributed by atoms with Crippen LogP contribution in [0.5, 0.6) is 0 Å². The third kappa shape index (κ3) is 6.59. The van der Waals surface area contributed by atoms with Crippen molar-refractivity contribution in [3.8, 4) is 0 Å². The number of nitrogens with one attached hydrogen (secondary N) is 1. The van der Waals surface area contributed by atoms with Gasteiger partial charge in [-0.1, -0.05) is 65.3 Å². The molecule has 224 valence electrons. The molecule has 44 heavy (non-hydrogen) atoms. The van der Waals surface area contributed by atoms with Gasteiger partial charge in [-0.3, -0.25) is 9.59 Å². The van der Waals surface area contributed by atoms with Crippen LogP contribution in [0, 0.1) is 6.92 Å². The summed E-state index contributed by atoms with van der Waals surface area (Å²) in [5.74, 6) is -0.613. The van der Waals surface area contributed by atoms with Crippen molar-refractivity contribution in [3.05, 3.63) is 119 Å². The molecule has 6 rings (SSSR count). The number of fused-ring (bicyclic) bond motifs is 1. The van der Waals surface area contributed by atoms with Crippen molar-refractivity contribution >= 4 is 45.8 Å². The quantitative estimate of drug-likeness (QED) is 0.233. The maximum atomic E-state index is 14.2. The van der Waals surface area contributed by atoms with Gasteiger partial charge in [0, 0.05) is 36.0 Å². The van der Waals surface area contributed by atoms with Crippen molar-refractivity contribution in [2.24, 2.45) is 0 Å². The molecule has 10 heteroatoms. The summed E-state index contributed by atoms with van der Waals surface area (Å²) in [4.78, 5) is 32.3. The van der Waals surface area contributed by atoms with Crippen LogP contribution in [-0.4, -0.2) is 58.0 Å². The van der Waals surface area contributed by atoms with Gasteiger partial charge >= 0.3 is 0 Å². The smallest absolute Gasteiger partial charge is 0.251 e. The summed E-state index contributed by atoms with van der Waals surface area (Å²) < 4.78 is 7.04. The first-order valence-electron chi connectivity index (χ1n) is 14.6. The predicted molar refractivity (Wildman–Crippen MR) is 172 cm³/mol. The van der Waals surface area contributed by atoms with Crippen molar-refractivity contribution < 1.29 is 14.3 Å². The molecule has 2 heterocycles. The van der Waals surface area contributed by atoms with E-state index in [0.717, 1.165) is 35.4 Å². The maximum Gasteiger partial charge on any atom is 0.251 e. The van der Waals surface area contributed by atoms with Crippen molar-refractivity contribution in [3.63, 3.8) is 0 Å². The fourth-order valence-corrected chi connectivity index (χ4v) is 5.58. The predicted octanol–water partition coefficient (Wildman–Crippen LogP) is 5.64. The van der Waals surface area contributed by atoms with E-state index >= 15 is 0 Å². The fraction of sp³-hybridized carbons (Fsp3) is 0.235. The molecule has 1 aromatic heterocycles. The third-order valence-corrected chi connectivity index (χ3v) is 8.14. The molecule has 1 atom stereocenters. The van der Waals surface area contributed by atoms with E-state index in [1.54, 1.807) is 33.8 Å². The van der Waals surface area contributed by atoms with Crippen LogP contribution in [0.3, 0.4) is 0 Å². The number of benzene rings is 4. The Morgan fingerprint density at radius 3 is 2.39 bits per heavy atom. The highest BCUT2D eigenvalue weighted by Gasteiger charge is 2.32. The normalized spacial score (nSPS) is 13.9. The second kappa shape index (κ2) is 13.3. The van der Waals surface area contributed by atoms with Crippen LogP contribution < -0.4 is 10.2 Å². The van der Waals surface area contributed by atoms with Crippen molar-refractivity contribution in [2.75, 3.05) is 36.5 Å². The van der Waals surface area contributed by atoms with Gasteiger partial charge in [-0.25, -0.2) is 4.68 Å². The van der Waals surface area contributed by atoms with E-state index in [1.807, 2.05) is 79.7 Å². The number of carbonyl (C=O) groups is 2. The topological polar surface area (TPSA) is 92.6 Å². The highest BCUT2D eigenvalue weighted by Crippen LogP contribution is 2.29. The van der Waals surface area contributed by atoms with Gasteiger partial charge in [0.25, 0.3) is 5.91 Å². The Labute approximate surface area is 261 Å². The Morgan fingerprint density at radius 2 is 1.64 bits per heavy atom. The number of hydrogen-bond donors (Lipinski definition) is 1. The molecule has 0 saturated carbocycles. The zero-order chi connectivity index (χ0) is 30.5. The number of hydrogen-bond acceptors (Lipinski definition) is 6. The zero-order valence-corrected chi connectivity index (χ0v) is 25.2. The molecule has 9 nitrogen and oxygen atoms in total. The van der Waals surface area contributed by atoms with E-state index in [4.69, 9.17) is 16.3 Å². The molecule has 1 fully saturated rings. The highest BCUT2D eigenvalue weighted by molar-refractivity contribution is 6.30. The van der Waals surface area contributed by atoms with Gasteiger partial charge in [-0.05, 0) is 72.1 Å². The molecular weight excluding hydrogens is 576 g/mol. The summed E-state index contributed by atoms with van der Waals surface area (Å²) in [6.45, 7) is 5.15. The molecular formula is C34H33ClN6O3. The lowest BCUT2D eigenvalue weighted by Gasteiger charge is -2.32. The van der Waals surface area contributed by atoms with Crippen LogP contribution in [0.4, 0.5) is 11.4 Å². The lowest BCUT2D eigenvalue weighted by atomic mass is 10.0. The van der Waals surface area contributed by atoms with E-state index in [2.05, 4.69) is 20.5 Å². The Morgan fingerprint density at radius 1 is 0.932 bits per heavy atom. The number of aryl methyl sites for hydroxylation is 1. The number of amides is 2. The number of anilines is 2. The maximum absolute atomic E-state index is 14.2. The molecule has 1 saturated heterocycles. The lowest BCUT2D eigenvalue weighted by molar-refractivity contribution is -0.140. The number of carbonyl (C=O) groups excluding carboxylic acids is 2. The number of nitrogens with zero attached hydrogens (tertiary/aromatic N) is 5. The number of para-hydroxylation sites is 1. The van der Waals surface area contributed by atoms with E-state index in [1.165, 1.54) is 0 Å². The molecule has 0 bridgehead atoms. The summed E-state index contributed by atoms with van der Waals surface area (Å²) in [7, 11) is 0. The second-order valence-corrected chi connectivity index (χ2v) is 11.2. The van der Waals surface area contributed by atoms with E-state index in [0.29, 0.717) is 35.0 Å². The van der Waals surface area contributed by atoms with Crippen LogP contribution in [-0.2, 0) is 27.4 Å². The standard InChI is InChI=1S/C34H33ClN6O3/c1-24-6-2-3-7-26(24)22-40(32(42)23-41-31-9-5-4-8-30(31)37-38-41)33(25-10-12-27(35)13-11-25)34(43)36-28-14-16-29(17-15-28)39-18-20-44-21-19-39/h2-17,33H,18-23H2,1H3,(H,36,43). The molecule has 1 unspecified atom stereocenters. The van der Waals surface area contributed by atoms with E-state index < -0.39 is 6.04 Å². The summed E-state index contributed by atoms with van der Waals surface area (Å²) in [6.07, 6.45) is 0. The van der Waals surface area contributed by atoms with Crippen LogP contribution in [0.15, 0.2) is 97.1 Å². The average Bonchev–Trinajstić information content (AvgIpc) is 3.46. The van der Waals surface area contributed by atoms with Crippen molar-refractivity contribution in [1.82, 2.24) is 19.9 Å². The number of morpholine rings is 1. The molecule has 0 radical (unpaired) electrons. The molecule has 0 aliphatic carbocycles. The number of halogens is 1. The Hall–Kier alpha value is -4.73. The number of ether oxygens (including phenoxy) is 1. The second-order valence-electron chi connectivity index (χ2n) is 10.8. The molecule has 2 amide bonds. The van der Waals surface area contributed by atoms with Crippen LogP contribution in [0.2, 0.25) is 5.02 Å². The van der Waals surface area contributed by atoms with E-state index in [9.17, 15) is 9.59 Å². The van der Waals surface area contributed by atoms with Crippen LogP contribution >= 0.6 is 11.6 Å². The zero-order valence-electron chi connectivity index (χ0n) is 24.4. The largest absolute Gasteiger partial charge is 0.378 e. The van der Waals surface area contributed by atoms with Crippen molar-refractivity contribution in [2.45, 2.75) is 26.1 Å². The van der Waals surface area contributed by atoms with E-state index in [-0.39, 0.29) is 24.9 Å². The van der Waals surface area contributed by atoms with Crippen LogP contribution in [0.25, 0.3) is 11.0 Å². The van der Waals surface area contributed by atoms with Crippen molar-refractivity contribution in [1.29, 1.82) is 0 Å². The summed E-state index contributed by atoms with van der Waals surface area (Å²) in [5, 5.41) is 12.1. The molecule has 0 spiro atoms. The Bertz CT molecular complexity index is 1750. The van der Waals surface area contributed by atoms with Gasteiger partial charge in [0.15, 0.2) is 0 Å². The Balaban J connectivity index is 1.34. The Kier molecular flexibility index (Phi) is 8.86. The minimum Gasteiger partial charge on any atom is -0.378 e. The third-order valence-electron chi connectivity index (χ3n) is 7.88. The fourth-order valence-electron chi connectivity index (χ4n) is 5.45. The SMILES string of the molecule is Cc1ccccc1CN(C(=O)Cn1nnc2ccccc21)C(C(=O)Nc1ccc(N2CCOCC2)cc1)c1ccc(Cl)cc1. The monoisotopic (exact) mass is 608 g/mol. The summed E-state index contributed by atoms with van der Waals surface area (Å²) >= 11 is 6.24. The first-order chi connectivity index (χ1) is 21.5. The van der Waals surface area contributed by atoms with Gasteiger partial charge in [0.1, 0.15) is 18.1 Å². The minimum atomic E-state index is -0.951. The molecule has 1 N–H and O–H groups in total. The lowest BCUT2D eigenvalue weighted by Crippen LogP contribution is -2.42.